The molecule has 1 aromatic carbocycles. The summed E-state index contributed by atoms with van der Waals surface area (Å²) in [5, 5.41) is 16.7. The number of rotatable bonds is 6. The van der Waals surface area contributed by atoms with E-state index in [4.69, 9.17) is 4.74 Å². The summed E-state index contributed by atoms with van der Waals surface area (Å²) in [7, 11) is 0. The van der Waals surface area contributed by atoms with E-state index in [0.717, 1.165) is 62.9 Å². The van der Waals surface area contributed by atoms with Crippen molar-refractivity contribution in [2.24, 2.45) is 0 Å². The van der Waals surface area contributed by atoms with E-state index in [-0.39, 0.29) is 11.8 Å². The summed E-state index contributed by atoms with van der Waals surface area (Å²) in [6.07, 6.45) is 6.54. The lowest BCUT2D eigenvalue weighted by Gasteiger charge is -2.42. The molecule has 2 fully saturated rings. The average Bonchev–Trinajstić information content (AvgIpc) is 3.18. The number of aromatic nitrogens is 2. The largest absolute Gasteiger partial charge is 0.390 e. The maximum Gasteiger partial charge on any atom is 0.165 e. The molecule has 0 radical (unpaired) electrons. The van der Waals surface area contributed by atoms with Crippen molar-refractivity contribution < 1.29 is 14.6 Å². The Balaban J connectivity index is 1.36. The number of aliphatic hydroxyl groups is 1. The molecule has 0 saturated carbocycles. The number of carbonyl (C=O) groups is 1. The molecule has 3 heterocycles. The summed E-state index contributed by atoms with van der Waals surface area (Å²) in [6, 6.07) is 6.62. The predicted molar refractivity (Wildman–Crippen MR) is 113 cm³/mol. The van der Waals surface area contributed by atoms with E-state index in [1.165, 1.54) is 0 Å². The Hall–Kier alpha value is -1.76. The van der Waals surface area contributed by atoms with Crippen LogP contribution in [0, 0.1) is 0 Å². The summed E-state index contributed by atoms with van der Waals surface area (Å²) >= 11 is 0. The first-order chi connectivity index (χ1) is 14.0. The second-order valence-corrected chi connectivity index (χ2v) is 8.97. The molecule has 158 valence electrons. The minimum absolute atomic E-state index is 0.0740. The fourth-order valence-corrected chi connectivity index (χ4v) is 4.64. The molecule has 0 atom stereocenters. The van der Waals surface area contributed by atoms with Crippen molar-refractivity contribution in [2.75, 3.05) is 26.3 Å². The minimum atomic E-state index is -0.734. The highest BCUT2D eigenvalue weighted by Crippen LogP contribution is 2.31. The number of nitrogens with zero attached hydrogens (tertiary/aromatic N) is 3. The minimum Gasteiger partial charge on any atom is -0.390 e. The van der Waals surface area contributed by atoms with Crippen LogP contribution in [0.3, 0.4) is 0 Å². The monoisotopic (exact) mass is 399 g/mol. The standard InChI is InChI=1S/C23H33N3O3/c1-17(2)26-16-18-4-3-5-20(22(18)24-26)21(27)6-9-23(28)10-12-25(13-11-23)19-7-14-29-15-8-19/h3-5,16-17,19,28H,6-15H2,1-2H3. The van der Waals surface area contributed by atoms with E-state index in [1.54, 1.807) is 0 Å². The Labute approximate surface area is 172 Å². The second-order valence-electron chi connectivity index (χ2n) is 8.97. The normalized spacial score (nSPS) is 21.1. The van der Waals surface area contributed by atoms with Gasteiger partial charge in [-0.15, -0.1) is 0 Å². The lowest BCUT2D eigenvalue weighted by Crippen LogP contribution is -2.49. The number of hydrogen-bond donors (Lipinski definition) is 1. The Morgan fingerprint density at radius 2 is 2.00 bits per heavy atom. The number of carbonyl (C=O) groups excluding carboxylic acids is 1. The Bertz CT molecular complexity index is 846. The molecule has 6 nitrogen and oxygen atoms in total. The number of hydrogen-bond acceptors (Lipinski definition) is 5. The van der Waals surface area contributed by atoms with Crippen LogP contribution >= 0.6 is 0 Å². The Morgan fingerprint density at radius 3 is 2.69 bits per heavy atom. The van der Waals surface area contributed by atoms with Crippen LogP contribution in [0.4, 0.5) is 0 Å². The summed E-state index contributed by atoms with van der Waals surface area (Å²) in [4.78, 5) is 15.4. The third kappa shape index (κ3) is 4.55. The fraction of sp³-hybridized carbons (Fsp3) is 0.652. The molecule has 0 spiro atoms. The van der Waals surface area contributed by atoms with Gasteiger partial charge in [0.15, 0.2) is 5.78 Å². The number of benzene rings is 1. The molecule has 1 aromatic heterocycles. The predicted octanol–water partition coefficient (Wildman–Crippen LogP) is 3.59. The quantitative estimate of drug-likeness (QED) is 0.752. The van der Waals surface area contributed by atoms with Gasteiger partial charge in [-0.25, -0.2) is 0 Å². The van der Waals surface area contributed by atoms with Gasteiger partial charge in [-0.05, 0) is 52.0 Å². The van der Waals surface area contributed by atoms with Crippen LogP contribution in [0.15, 0.2) is 24.4 Å². The van der Waals surface area contributed by atoms with Crippen molar-refractivity contribution in [3.05, 3.63) is 30.0 Å². The van der Waals surface area contributed by atoms with E-state index >= 15 is 0 Å². The zero-order chi connectivity index (χ0) is 20.4. The van der Waals surface area contributed by atoms with E-state index < -0.39 is 5.60 Å². The lowest BCUT2D eigenvalue weighted by atomic mass is 9.84. The summed E-state index contributed by atoms with van der Waals surface area (Å²) in [5.41, 5.74) is 0.709. The maximum atomic E-state index is 12.9. The second kappa shape index (κ2) is 8.54. The van der Waals surface area contributed by atoms with Gasteiger partial charge < -0.3 is 9.84 Å². The van der Waals surface area contributed by atoms with Crippen LogP contribution in [0.2, 0.25) is 0 Å². The number of Topliss-reactive ketones (excluding diaryl/α,β-unsaturated/α-hetero) is 1. The molecule has 0 unspecified atom stereocenters. The third-order valence-electron chi connectivity index (χ3n) is 6.64. The molecule has 6 heteroatoms. The Kier molecular flexibility index (Phi) is 6.04. The van der Waals surface area contributed by atoms with E-state index in [2.05, 4.69) is 23.8 Å². The number of ether oxygens (including phenoxy) is 1. The van der Waals surface area contributed by atoms with Gasteiger partial charge in [0.1, 0.15) is 5.52 Å². The topological polar surface area (TPSA) is 67.6 Å². The SMILES string of the molecule is CC(C)n1cc2cccc(C(=O)CCC3(O)CCN(C4CCOCC4)CC3)c2n1. The summed E-state index contributed by atoms with van der Waals surface area (Å²) in [5.74, 6) is 0.0740. The van der Waals surface area contributed by atoms with Crippen LogP contribution in [0.5, 0.6) is 0 Å². The molecular formula is C23H33N3O3. The maximum absolute atomic E-state index is 12.9. The molecule has 29 heavy (non-hydrogen) atoms. The molecule has 4 rings (SSSR count). The third-order valence-corrected chi connectivity index (χ3v) is 6.64. The van der Waals surface area contributed by atoms with Crippen LogP contribution in [0.25, 0.3) is 10.9 Å². The zero-order valence-electron chi connectivity index (χ0n) is 17.6. The van der Waals surface area contributed by atoms with Crippen molar-refractivity contribution in [1.82, 2.24) is 14.7 Å². The molecule has 1 N–H and O–H groups in total. The highest BCUT2D eigenvalue weighted by Gasteiger charge is 2.35. The van der Waals surface area contributed by atoms with Crippen molar-refractivity contribution >= 4 is 16.7 Å². The highest BCUT2D eigenvalue weighted by molar-refractivity contribution is 6.06. The molecular weight excluding hydrogens is 366 g/mol. The number of fused-ring (bicyclic) bond motifs is 1. The first-order valence-corrected chi connectivity index (χ1v) is 11.0. The number of piperidine rings is 1. The van der Waals surface area contributed by atoms with Crippen LogP contribution in [0.1, 0.15) is 68.8 Å². The summed E-state index contributed by atoms with van der Waals surface area (Å²) < 4.78 is 7.37. The van der Waals surface area contributed by atoms with Gasteiger partial charge in [0.2, 0.25) is 0 Å². The van der Waals surface area contributed by atoms with Gasteiger partial charge in [0.05, 0.1) is 5.60 Å². The van der Waals surface area contributed by atoms with Crippen LogP contribution in [-0.4, -0.2) is 63.5 Å². The van der Waals surface area contributed by atoms with E-state index in [0.29, 0.717) is 24.4 Å². The van der Waals surface area contributed by atoms with E-state index in [9.17, 15) is 9.90 Å². The summed E-state index contributed by atoms with van der Waals surface area (Å²) in [6.45, 7) is 7.66. The molecule has 0 amide bonds. The van der Waals surface area contributed by atoms with Crippen LogP contribution in [-0.2, 0) is 4.74 Å². The first-order valence-electron chi connectivity index (χ1n) is 11.0. The molecule has 2 aromatic rings. The highest BCUT2D eigenvalue weighted by atomic mass is 16.5. The first kappa shape index (κ1) is 20.5. The van der Waals surface area contributed by atoms with Crippen LogP contribution < -0.4 is 0 Å². The molecule has 0 bridgehead atoms. The fourth-order valence-electron chi connectivity index (χ4n) is 4.64. The number of likely N-dealkylation sites (tertiary alicyclic amines) is 1. The van der Waals surface area contributed by atoms with Gasteiger partial charge in [0.25, 0.3) is 0 Å². The average molecular weight is 400 g/mol. The van der Waals surface area contributed by atoms with E-state index in [1.807, 2.05) is 29.1 Å². The van der Waals surface area contributed by atoms with Crippen molar-refractivity contribution in [3.63, 3.8) is 0 Å². The van der Waals surface area contributed by atoms with Gasteiger partial charge >= 0.3 is 0 Å². The smallest absolute Gasteiger partial charge is 0.165 e. The lowest BCUT2D eigenvalue weighted by molar-refractivity contribution is -0.0508. The molecule has 0 aliphatic carbocycles. The molecule has 2 aliphatic rings. The van der Waals surface area contributed by atoms with Gasteiger partial charge in [-0.2, -0.15) is 5.10 Å². The zero-order valence-corrected chi connectivity index (χ0v) is 17.6. The molecule has 2 saturated heterocycles. The van der Waals surface area contributed by atoms with Gasteiger partial charge in [-0.1, -0.05) is 12.1 Å². The number of ketones is 1. The van der Waals surface area contributed by atoms with Crippen molar-refractivity contribution in [3.8, 4) is 0 Å². The molecule has 2 aliphatic heterocycles. The van der Waals surface area contributed by atoms with Gasteiger partial charge in [-0.3, -0.25) is 14.4 Å². The van der Waals surface area contributed by atoms with Gasteiger partial charge in [0, 0.05) is 62.0 Å². The van der Waals surface area contributed by atoms with Crippen molar-refractivity contribution in [2.45, 2.75) is 70.1 Å². The van der Waals surface area contributed by atoms with Crippen molar-refractivity contribution in [1.29, 1.82) is 0 Å². The Morgan fingerprint density at radius 1 is 1.28 bits per heavy atom.